The zero-order valence-corrected chi connectivity index (χ0v) is 24.5. The molecule has 0 radical (unpaired) electrons. The van der Waals surface area contributed by atoms with E-state index in [0.29, 0.717) is 25.7 Å². The van der Waals surface area contributed by atoms with Crippen LogP contribution in [-0.2, 0) is 32.9 Å². The summed E-state index contributed by atoms with van der Waals surface area (Å²) in [5.41, 5.74) is -2.34. The van der Waals surface area contributed by atoms with Gasteiger partial charge in [-0.2, -0.15) is 0 Å². The Bertz CT molecular complexity index is 1760. The quantitative estimate of drug-likeness (QED) is 0.282. The van der Waals surface area contributed by atoms with Crippen LogP contribution < -0.4 is 27.0 Å². The van der Waals surface area contributed by atoms with E-state index in [-0.39, 0.29) is 23.9 Å². The number of sulfone groups is 1. The van der Waals surface area contributed by atoms with Crippen molar-refractivity contribution in [3.8, 4) is 5.75 Å². The summed E-state index contributed by atoms with van der Waals surface area (Å²) < 4.78 is 68.4. The van der Waals surface area contributed by atoms with Crippen LogP contribution in [0.2, 0.25) is 0 Å². The lowest BCUT2D eigenvalue weighted by Gasteiger charge is -2.22. The van der Waals surface area contributed by atoms with Crippen molar-refractivity contribution in [2.45, 2.75) is 55.2 Å². The highest BCUT2D eigenvalue weighted by Gasteiger charge is 2.36. The van der Waals surface area contributed by atoms with Crippen LogP contribution >= 0.6 is 7.82 Å². The van der Waals surface area contributed by atoms with Crippen molar-refractivity contribution in [2.75, 3.05) is 19.5 Å². The molecule has 16 nitrogen and oxygen atoms in total. The predicted octanol–water partition coefficient (Wildman–Crippen LogP) is 1.07. The topological polar surface area (TPSA) is 207 Å². The largest absolute Gasteiger partial charge is 0.530 e. The number of ether oxygens (including phenoxy) is 2. The molecule has 3 aromatic rings. The number of H-pyrrole nitrogens is 2. The SMILES string of the molecule is CS(=O)(=O)c1ccc(OP(=O)(OC[C@@H]2CC[C@H](n3ccc(=O)[nH]c3=O)O2)OC[C@@H]2CC[C@H](n3ccc(=O)[nH]c3=O)O2)cc1. The third kappa shape index (κ3) is 7.68. The fraction of sp³-hybridized carbons (Fsp3) is 0.440. The molecule has 5 rings (SSSR count). The highest BCUT2D eigenvalue weighted by Crippen LogP contribution is 2.51. The molecule has 4 heterocycles. The van der Waals surface area contributed by atoms with Crippen molar-refractivity contribution in [3.05, 3.63) is 90.5 Å². The molecular formula is C25H29N4O12PS. The van der Waals surface area contributed by atoms with Crippen LogP contribution in [0.25, 0.3) is 0 Å². The average Bonchev–Trinajstić information content (AvgIpc) is 3.61. The number of aromatic nitrogens is 4. The van der Waals surface area contributed by atoms with E-state index in [1.807, 2.05) is 0 Å². The maximum Gasteiger partial charge on any atom is 0.530 e. The third-order valence-corrected chi connectivity index (χ3v) is 9.29. The molecule has 2 aliphatic rings. The first-order valence-electron chi connectivity index (χ1n) is 13.2. The fourth-order valence-corrected chi connectivity index (χ4v) is 6.54. The van der Waals surface area contributed by atoms with Gasteiger partial charge < -0.3 is 14.0 Å². The van der Waals surface area contributed by atoms with Crippen molar-refractivity contribution < 1.29 is 36.0 Å². The molecule has 4 atom stereocenters. The van der Waals surface area contributed by atoms with Gasteiger partial charge in [0.05, 0.1) is 30.3 Å². The number of phosphoric ester groups is 1. The summed E-state index contributed by atoms with van der Waals surface area (Å²) in [4.78, 5) is 51.3. The molecule has 0 aliphatic carbocycles. The second kappa shape index (κ2) is 12.6. The maximum atomic E-state index is 13.8. The molecule has 0 spiro atoms. The zero-order valence-electron chi connectivity index (χ0n) is 22.8. The van der Waals surface area contributed by atoms with E-state index in [0.717, 1.165) is 6.26 Å². The van der Waals surface area contributed by atoms with Crippen LogP contribution in [0.4, 0.5) is 0 Å². The molecule has 1 aromatic carbocycles. The van der Waals surface area contributed by atoms with E-state index in [9.17, 15) is 32.2 Å². The number of nitrogens with one attached hydrogen (secondary N) is 2. The first-order chi connectivity index (χ1) is 20.4. The normalized spacial score (nSPS) is 22.5. The van der Waals surface area contributed by atoms with Gasteiger partial charge in [-0.05, 0) is 49.9 Å². The van der Waals surface area contributed by atoms with E-state index in [4.69, 9.17) is 23.0 Å². The second-order valence-electron chi connectivity index (χ2n) is 9.99. The smallest absolute Gasteiger partial charge is 0.404 e. The summed E-state index contributed by atoms with van der Waals surface area (Å²) in [6.07, 6.45) is 2.83. The molecular weight excluding hydrogens is 611 g/mol. The number of rotatable bonds is 11. The molecule has 18 heteroatoms. The molecule has 2 saturated heterocycles. The Kier molecular flexibility index (Phi) is 9.01. The summed E-state index contributed by atoms with van der Waals surface area (Å²) >= 11 is 0. The van der Waals surface area contributed by atoms with Gasteiger partial charge in [0, 0.05) is 30.8 Å². The maximum absolute atomic E-state index is 13.8. The van der Waals surface area contributed by atoms with Gasteiger partial charge in [-0.25, -0.2) is 22.6 Å². The van der Waals surface area contributed by atoms with Crippen molar-refractivity contribution >= 4 is 17.7 Å². The zero-order chi connectivity index (χ0) is 30.8. The van der Waals surface area contributed by atoms with Gasteiger partial charge in [0.25, 0.3) is 11.1 Å². The number of nitrogens with zero attached hydrogens (tertiary/aromatic N) is 2. The minimum absolute atomic E-state index is 0.0192. The Hall–Kier alpha value is -3.60. The summed E-state index contributed by atoms with van der Waals surface area (Å²) in [6.45, 7) is -0.484. The van der Waals surface area contributed by atoms with Gasteiger partial charge in [-0.3, -0.25) is 37.7 Å². The van der Waals surface area contributed by atoms with Gasteiger partial charge in [-0.15, -0.1) is 0 Å². The summed E-state index contributed by atoms with van der Waals surface area (Å²) in [5, 5.41) is 0. The van der Waals surface area contributed by atoms with Crippen LogP contribution in [0.1, 0.15) is 38.1 Å². The molecule has 0 bridgehead atoms. The third-order valence-electron chi connectivity index (χ3n) is 6.80. The Morgan fingerprint density at radius 1 is 0.791 bits per heavy atom. The van der Waals surface area contributed by atoms with Crippen molar-refractivity contribution in [2.24, 2.45) is 0 Å². The van der Waals surface area contributed by atoms with Crippen molar-refractivity contribution in [1.82, 2.24) is 19.1 Å². The lowest BCUT2D eigenvalue weighted by molar-refractivity contribution is -0.0367. The molecule has 0 saturated carbocycles. The number of aromatic amines is 2. The molecule has 2 N–H and O–H groups in total. The monoisotopic (exact) mass is 640 g/mol. The lowest BCUT2D eigenvalue weighted by Crippen LogP contribution is -2.32. The predicted molar refractivity (Wildman–Crippen MR) is 149 cm³/mol. The van der Waals surface area contributed by atoms with Crippen LogP contribution in [0.3, 0.4) is 0 Å². The highest BCUT2D eigenvalue weighted by molar-refractivity contribution is 7.90. The summed E-state index contributed by atoms with van der Waals surface area (Å²) in [5.74, 6) is 0.0192. The van der Waals surface area contributed by atoms with Gasteiger partial charge >= 0.3 is 19.2 Å². The number of hydrogen-bond acceptors (Lipinski definition) is 12. The molecule has 2 fully saturated rings. The minimum atomic E-state index is -4.36. The second-order valence-corrected chi connectivity index (χ2v) is 13.6. The molecule has 2 aliphatic heterocycles. The van der Waals surface area contributed by atoms with Gasteiger partial charge in [-0.1, -0.05) is 0 Å². The van der Waals surface area contributed by atoms with E-state index in [1.165, 1.54) is 57.9 Å². The number of benzene rings is 1. The van der Waals surface area contributed by atoms with Crippen LogP contribution in [0, 0.1) is 0 Å². The van der Waals surface area contributed by atoms with Gasteiger partial charge in [0.1, 0.15) is 18.2 Å². The molecule has 0 amide bonds. The highest BCUT2D eigenvalue weighted by atomic mass is 32.2. The number of hydrogen-bond donors (Lipinski definition) is 2. The Labute approximate surface area is 243 Å². The fourth-order valence-electron chi connectivity index (χ4n) is 4.65. The Morgan fingerprint density at radius 2 is 1.26 bits per heavy atom. The molecule has 43 heavy (non-hydrogen) atoms. The molecule has 0 unspecified atom stereocenters. The summed E-state index contributed by atoms with van der Waals surface area (Å²) in [6, 6.07) is 7.59. The minimum Gasteiger partial charge on any atom is -0.404 e. The standard InChI is InChI=1S/C25H29N4O12PS/c1-43(35,36)19-6-2-16(3-7-19)41-42(34,37-14-17-4-8-22(39-17)28-12-10-20(30)26-24(28)32)38-15-18-5-9-23(40-18)29-13-11-21(31)27-25(29)33/h2-3,6-7,10-13,17-18,22-23H,4-5,8-9,14-15H2,1H3,(H,26,30,32)(H,27,31,33)/t17-,18-,22+,23+/m0/s1. The lowest BCUT2D eigenvalue weighted by atomic mass is 10.2. The van der Waals surface area contributed by atoms with Gasteiger partial charge in [0.15, 0.2) is 9.84 Å². The van der Waals surface area contributed by atoms with E-state index in [1.54, 1.807) is 0 Å². The van der Waals surface area contributed by atoms with Gasteiger partial charge in [0.2, 0.25) is 0 Å². The Balaban J connectivity index is 1.26. The van der Waals surface area contributed by atoms with Crippen molar-refractivity contribution in [3.63, 3.8) is 0 Å². The van der Waals surface area contributed by atoms with Crippen LogP contribution in [-0.4, -0.2) is 59.2 Å². The molecule has 232 valence electrons. The first-order valence-corrected chi connectivity index (χ1v) is 16.6. The Morgan fingerprint density at radius 3 is 1.67 bits per heavy atom. The number of phosphoric acid groups is 1. The average molecular weight is 641 g/mol. The van der Waals surface area contributed by atoms with E-state index < -0.39 is 64.8 Å². The van der Waals surface area contributed by atoms with E-state index in [2.05, 4.69) is 9.97 Å². The summed E-state index contributed by atoms with van der Waals surface area (Å²) in [7, 11) is -7.84. The van der Waals surface area contributed by atoms with Crippen molar-refractivity contribution in [1.29, 1.82) is 0 Å². The first kappa shape index (κ1) is 30.8. The van der Waals surface area contributed by atoms with Crippen LogP contribution in [0.15, 0.2) is 72.9 Å². The van der Waals surface area contributed by atoms with E-state index >= 15 is 0 Å². The molecule has 2 aromatic heterocycles. The van der Waals surface area contributed by atoms with Crippen LogP contribution in [0.5, 0.6) is 5.75 Å².